The fourth-order valence-corrected chi connectivity index (χ4v) is 2.33. The van der Waals surface area contributed by atoms with Crippen LogP contribution < -0.4 is 0 Å². The number of hydrogen-bond donors (Lipinski definition) is 1. The number of Topliss-reactive ketones (excluding diaryl/α,β-unsaturated/α-hetero) is 1. The second-order valence-electron chi connectivity index (χ2n) is 5.20. The van der Waals surface area contributed by atoms with Crippen molar-refractivity contribution in [1.29, 1.82) is 0 Å². The second-order valence-corrected chi connectivity index (χ2v) is 5.20. The van der Waals surface area contributed by atoms with Crippen molar-refractivity contribution < 1.29 is 14.7 Å². The van der Waals surface area contributed by atoms with Gasteiger partial charge in [-0.1, -0.05) is 60.7 Å². The molecule has 2 aromatic carbocycles. The van der Waals surface area contributed by atoms with Crippen LogP contribution in [0.15, 0.2) is 60.7 Å². The van der Waals surface area contributed by atoms with E-state index in [-0.39, 0.29) is 12.2 Å². The molecule has 108 valence electrons. The monoisotopic (exact) mass is 282 g/mol. The highest BCUT2D eigenvalue weighted by molar-refractivity contribution is 6.08. The first-order chi connectivity index (χ1) is 10.0. The molecule has 0 aromatic heterocycles. The van der Waals surface area contributed by atoms with E-state index in [9.17, 15) is 14.7 Å². The molecule has 0 saturated heterocycles. The first-order valence-electron chi connectivity index (χ1n) is 6.91. The summed E-state index contributed by atoms with van der Waals surface area (Å²) in [6.07, 6.45) is 0.761. The van der Waals surface area contributed by atoms with Crippen molar-refractivity contribution >= 4 is 11.8 Å². The summed E-state index contributed by atoms with van der Waals surface area (Å²) in [6.45, 7) is 1.48. The SMILES string of the molecule is CC(C(=O)O)(C(=O)CCc1ccccc1)c1ccccc1. The van der Waals surface area contributed by atoms with E-state index in [1.165, 1.54) is 6.92 Å². The van der Waals surface area contributed by atoms with Crippen LogP contribution in [0.1, 0.15) is 24.5 Å². The van der Waals surface area contributed by atoms with Crippen LogP contribution >= 0.6 is 0 Å². The summed E-state index contributed by atoms with van der Waals surface area (Å²) in [5.74, 6) is -1.38. The van der Waals surface area contributed by atoms with Gasteiger partial charge in [-0.3, -0.25) is 9.59 Å². The van der Waals surface area contributed by atoms with Crippen LogP contribution in [0.2, 0.25) is 0 Å². The molecule has 0 heterocycles. The number of carboxylic acid groups (broad SMARTS) is 1. The van der Waals surface area contributed by atoms with Crippen LogP contribution in [0.4, 0.5) is 0 Å². The van der Waals surface area contributed by atoms with E-state index in [1.807, 2.05) is 30.3 Å². The molecule has 1 unspecified atom stereocenters. The third-order valence-corrected chi connectivity index (χ3v) is 3.82. The smallest absolute Gasteiger partial charge is 0.321 e. The van der Waals surface area contributed by atoms with Crippen LogP contribution in [0.3, 0.4) is 0 Å². The van der Waals surface area contributed by atoms with Crippen molar-refractivity contribution in [2.75, 3.05) is 0 Å². The van der Waals surface area contributed by atoms with Crippen LogP contribution in [0.5, 0.6) is 0 Å². The molecule has 0 bridgehead atoms. The number of benzene rings is 2. The first kappa shape index (κ1) is 15.0. The summed E-state index contributed by atoms with van der Waals surface area (Å²) in [7, 11) is 0. The van der Waals surface area contributed by atoms with E-state index in [1.54, 1.807) is 30.3 Å². The Labute approximate surface area is 124 Å². The Bertz CT molecular complexity index is 619. The zero-order valence-corrected chi connectivity index (χ0v) is 12.0. The number of rotatable bonds is 6. The molecule has 0 saturated carbocycles. The van der Waals surface area contributed by atoms with Crippen molar-refractivity contribution in [2.24, 2.45) is 0 Å². The van der Waals surface area contributed by atoms with Crippen molar-refractivity contribution in [1.82, 2.24) is 0 Å². The Kier molecular flexibility index (Phi) is 4.53. The standard InChI is InChI=1S/C18H18O3/c1-18(17(20)21,15-10-6-3-7-11-15)16(19)13-12-14-8-4-2-5-9-14/h2-11H,12-13H2,1H3,(H,20,21). The molecular formula is C18H18O3. The number of aliphatic carboxylic acids is 1. The molecular weight excluding hydrogens is 264 g/mol. The summed E-state index contributed by atoms with van der Waals surface area (Å²) in [4.78, 5) is 24.2. The predicted octanol–water partition coefficient (Wildman–Crippen LogP) is 3.23. The fraction of sp³-hybridized carbons (Fsp3) is 0.222. The zero-order valence-electron chi connectivity index (χ0n) is 12.0. The van der Waals surface area contributed by atoms with Crippen molar-refractivity contribution in [3.05, 3.63) is 71.8 Å². The molecule has 0 aliphatic rings. The summed E-state index contributed by atoms with van der Waals surface area (Å²) in [6, 6.07) is 18.3. The van der Waals surface area contributed by atoms with E-state index in [2.05, 4.69) is 0 Å². The van der Waals surface area contributed by atoms with Gasteiger partial charge in [-0.05, 0) is 24.5 Å². The molecule has 3 heteroatoms. The summed E-state index contributed by atoms with van der Waals surface area (Å²) < 4.78 is 0. The van der Waals surface area contributed by atoms with Gasteiger partial charge < -0.3 is 5.11 Å². The minimum atomic E-state index is -1.49. The van der Waals surface area contributed by atoms with E-state index >= 15 is 0 Å². The van der Waals surface area contributed by atoms with E-state index in [0.717, 1.165) is 5.56 Å². The number of aryl methyl sites for hydroxylation is 1. The highest BCUT2D eigenvalue weighted by Gasteiger charge is 2.41. The van der Waals surface area contributed by atoms with Gasteiger partial charge in [-0.2, -0.15) is 0 Å². The maximum Gasteiger partial charge on any atom is 0.321 e. The van der Waals surface area contributed by atoms with E-state index in [0.29, 0.717) is 12.0 Å². The summed E-state index contributed by atoms with van der Waals surface area (Å²) in [5.41, 5.74) is 0.0676. The Balaban J connectivity index is 2.19. The number of carboxylic acids is 1. The van der Waals surface area contributed by atoms with Gasteiger partial charge in [0.2, 0.25) is 0 Å². The molecule has 0 amide bonds. The quantitative estimate of drug-likeness (QED) is 0.828. The molecule has 3 nitrogen and oxygen atoms in total. The zero-order chi connectivity index (χ0) is 15.3. The lowest BCUT2D eigenvalue weighted by molar-refractivity contribution is -0.148. The average Bonchev–Trinajstić information content (AvgIpc) is 2.53. The average molecular weight is 282 g/mol. The normalized spacial score (nSPS) is 13.4. The Morgan fingerprint density at radius 2 is 1.48 bits per heavy atom. The number of hydrogen-bond acceptors (Lipinski definition) is 2. The first-order valence-corrected chi connectivity index (χ1v) is 6.91. The highest BCUT2D eigenvalue weighted by Crippen LogP contribution is 2.27. The molecule has 0 aliphatic carbocycles. The molecule has 1 atom stereocenters. The van der Waals surface area contributed by atoms with Gasteiger partial charge in [0.15, 0.2) is 5.78 Å². The van der Waals surface area contributed by atoms with Gasteiger partial charge in [0, 0.05) is 6.42 Å². The van der Waals surface area contributed by atoms with E-state index in [4.69, 9.17) is 0 Å². The lowest BCUT2D eigenvalue weighted by Crippen LogP contribution is -2.41. The maximum atomic E-state index is 12.5. The number of carbonyl (C=O) groups is 2. The van der Waals surface area contributed by atoms with Gasteiger partial charge in [-0.15, -0.1) is 0 Å². The Morgan fingerprint density at radius 1 is 0.952 bits per heavy atom. The molecule has 0 radical (unpaired) electrons. The van der Waals surface area contributed by atoms with Gasteiger partial charge in [0.05, 0.1) is 0 Å². The molecule has 2 aromatic rings. The van der Waals surface area contributed by atoms with Gasteiger partial charge in [-0.25, -0.2) is 0 Å². The van der Waals surface area contributed by atoms with Crippen molar-refractivity contribution in [3.63, 3.8) is 0 Å². The molecule has 21 heavy (non-hydrogen) atoms. The third-order valence-electron chi connectivity index (χ3n) is 3.82. The number of carbonyl (C=O) groups excluding carboxylic acids is 1. The van der Waals surface area contributed by atoms with Crippen LogP contribution in [0.25, 0.3) is 0 Å². The molecule has 0 aliphatic heterocycles. The molecule has 1 N–H and O–H groups in total. The van der Waals surface area contributed by atoms with Crippen LogP contribution in [-0.2, 0) is 21.4 Å². The second kappa shape index (κ2) is 6.35. The minimum Gasteiger partial charge on any atom is -0.480 e. The minimum absolute atomic E-state index is 0.210. The van der Waals surface area contributed by atoms with Crippen molar-refractivity contribution in [3.8, 4) is 0 Å². The predicted molar refractivity (Wildman–Crippen MR) is 81.2 cm³/mol. The van der Waals surface area contributed by atoms with Gasteiger partial charge in [0.25, 0.3) is 0 Å². The van der Waals surface area contributed by atoms with Gasteiger partial charge >= 0.3 is 5.97 Å². The Hall–Kier alpha value is -2.42. The highest BCUT2D eigenvalue weighted by atomic mass is 16.4. The van der Waals surface area contributed by atoms with Crippen LogP contribution in [0, 0.1) is 0 Å². The van der Waals surface area contributed by atoms with E-state index < -0.39 is 11.4 Å². The maximum absolute atomic E-state index is 12.5. The van der Waals surface area contributed by atoms with Crippen LogP contribution in [-0.4, -0.2) is 16.9 Å². The van der Waals surface area contributed by atoms with Crippen molar-refractivity contribution in [2.45, 2.75) is 25.2 Å². The summed E-state index contributed by atoms with van der Waals surface area (Å²) in [5, 5.41) is 9.53. The third kappa shape index (κ3) is 3.19. The topological polar surface area (TPSA) is 54.4 Å². The lowest BCUT2D eigenvalue weighted by atomic mass is 9.77. The fourth-order valence-electron chi connectivity index (χ4n) is 2.33. The number of ketones is 1. The largest absolute Gasteiger partial charge is 0.480 e. The molecule has 2 rings (SSSR count). The summed E-state index contributed by atoms with van der Waals surface area (Å²) >= 11 is 0. The molecule has 0 spiro atoms. The molecule has 0 fully saturated rings. The Morgan fingerprint density at radius 3 is 2.00 bits per heavy atom. The lowest BCUT2D eigenvalue weighted by Gasteiger charge is -2.24. The van der Waals surface area contributed by atoms with Gasteiger partial charge in [0.1, 0.15) is 5.41 Å².